The lowest BCUT2D eigenvalue weighted by atomic mass is 9.94. The van der Waals surface area contributed by atoms with Crippen molar-refractivity contribution >= 4 is 5.82 Å². The van der Waals surface area contributed by atoms with Crippen molar-refractivity contribution in [2.75, 3.05) is 50.9 Å². The molecule has 1 aromatic heterocycles. The molecule has 3 heterocycles. The lowest BCUT2D eigenvalue weighted by molar-refractivity contribution is -0.0952. The number of ether oxygens (including phenoxy) is 1. The molecule has 0 aliphatic carbocycles. The second kappa shape index (κ2) is 5.16. The quantitative estimate of drug-likeness (QED) is 0.723. The van der Waals surface area contributed by atoms with Gasteiger partial charge in [0.1, 0.15) is 0 Å². The molecule has 0 bridgehead atoms. The molecule has 7 nitrogen and oxygen atoms in total. The third-order valence-electron chi connectivity index (χ3n) is 4.26. The summed E-state index contributed by atoms with van der Waals surface area (Å²) in [5, 5.41) is 9.81. The average molecular weight is 280 g/mol. The van der Waals surface area contributed by atoms with Crippen LogP contribution >= 0.6 is 0 Å². The molecule has 20 heavy (non-hydrogen) atoms. The zero-order valence-corrected chi connectivity index (χ0v) is 11.7. The summed E-state index contributed by atoms with van der Waals surface area (Å²) in [6, 6.07) is 0. The van der Waals surface area contributed by atoms with E-state index in [2.05, 4.69) is 9.88 Å². The Morgan fingerprint density at radius 2 is 2.30 bits per heavy atom. The molecule has 1 aromatic rings. The first-order chi connectivity index (χ1) is 9.66. The Balaban J connectivity index is 1.90. The highest BCUT2D eigenvalue weighted by atomic mass is 16.5. The fourth-order valence-electron chi connectivity index (χ4n) is 3.01. The minimum Gasteiger partial charge on any atom is -0.394 e. The monoisotopic (exact) mass is 280 g/mol. The molecular weight excluding hydrogens is 260 g/mol. The Morgan fingerprint density at radius 1 is 1.45 bits per heavy atom. The highest BCUT2D eigenvalue weighted by molar-refractivity contribution is 5.38. The van der Waals surface area contributed by atoms with Crippen molar-refractivity contribution in [3.05, 3.63) is 22.7 Å². The lowest BCUT2D eigenvalue weighted by Crippen LogP contribution is -2.69. The van der Waals surface area contributed by atoms with Crippen LogP contribution in [0.2, 0.25) is 0 Å². The van der Waals surface area contributed by atoms with Crippen LogP contribution in [0, 0.1) is 0 Å². The van der Waals surface area contributed by atoms with Crippen molar-refractivity contribution in [3.63, 3.8) is 0 Å². The van der Waals surface area contributed by atoms with E-state index < -0.39 is 5.54 Å². The van der Waals surface area contributed by atoms with Crippen LogP contribution in [0.4, 0.5) is 5.82 Å². The van der Waals surface area contributed by atoms with Crippen molar-refractivity contribution in [1.82, 2.24) is 14.5 Å². The van der Waals surface area contributed by atoms with Gasteiger partial charge in [0.2, 0.25) is 0 Å². The van der Waals surface area contributed by atoms with Gasteiger partial charge in [-0.3, -0.25) is 9.69 Å². The van der Waals surface area contributed by atoms with Crippen LogP contribution in [0.1, 0.15) is 0 Å². The van der Waals surface area contributed by atoms with Crippen molar-refractivity contribution < 1.29 is 9.84 Å². The number of anilines is 1. The van der Waals surface area contributed by atoms with Crippen LogP contribution in [0.15, 0.2) is 17.2 Å². The number of aryl methyl sites for hydroxylation is 1. The summed E-state index contributed by atoms with van der Waals surface area (Å²) in [4.78, 5) is 20.6. The van der Waals surface area contributed by atoms with E-state index in [4.69, 9.17) is 4.74 Å². The van der Waals surface area contributed by atoms with E-state index in [1.165, 1.54) is 4.57 Å². The summed E-state index contributed by atoms with van der Waals surface area (Å²) >= 11 is 0. The van der Waals surface area contributed by atoms with Crippen LogP contribution in [0.5, 0.6) is 0 Å². The second-order valence-electron chi connectivity index (χ2n) is 5.51. The highest BCUT2D eigenvalue weighted by Gasteiger charge is 2.44. The molecule has 1 atom stereocenters. The Hall–Kier alpha value is -1.44. The fourth-order valence-corrected chi connectivity index (χ4v) is 3.01. The van der Waals surface area contributed by atoms with E-state index in [0.29, 0.717) is 25.6 Å². The van der Waals surface area contributed by atoms with Gasteiger partial charge in [-0.25, -0.2) is 4.98 Å². The zero-order valence-electron chi connectivity index (χ0n) is 11.7. The van der Waals surface area contributed by atoms with Crippen LogP contribution < -0.4 is 10.5 Å². The van der Waals surface area contributed by atoms with Gasteiger partial charge in [-0.2, -0.15) is 0 Å². The van der Waals surface area contributed by atoms with Gasteiger partial charge < -0.3 is 19.3 Å². The summed E-state index contributed by atoms with van der Waals surface area (Å²) in [6.45, 7) is 4.17. The maximum Gasteiger partial charge on any atom is 0.293 e. The minimum atomic E-state index is -0.418. The van der Waals surface area contributed by atoms with Gasteiger partial charge in [-0.1, -0.05) is 0 Å². The maximum atomic E-state index is 12.2. The number of piperazine rings is 1. The van der Waals surface area contributed by atoms with E-state index in [1.807, 2.05) is 4.90 Å². The molecule has 2 aliphatic heterocycles. The van der Waals surface area contributed by atoms with E-state index in [1.54, 1.807) is 19.4 Å². The fraction of sp³-hybridized carbons (Fsp3) is 0.692. The Bertz CT molecular complexity index is 547. The lowest BCUT2D eigenvalue weighted by Gasteiger charge is -2.52. The van der Waals surface area contributed by atoms with Crippen LogP contribution in [-0.4, -0.2) is 71.1 Å². The standard InChI is InChI=1S/C13H20N4O3/c1-15-3-2-14-11(12(15)19)16-4-5-17-6-7-20-10-13(17,8-16)9-18/h2-3,18H,4-10H2,1H3. The number of aliphatic hydroxyl groups is 1. The van der Waals surface area contributed by atoms with E-state index in [-0.39, 0.29) is 12.2 Å². The largest absolute Gasteiger partial charge is 0.394 e. The summed E-state index contributed by atoms with van der Waals surface area (Å²) in [5.41, 5.74) is -0.523. The number of morpholine rings is 1. The number of hydrogen-bond acceptors (Lipinski definition) is 6. The minimum absolute atomic E-state index is 0.0245. The number of nitrogens with zero attached hydrogens (tertiary/aromatic N) is 4. The summed E-state index contributed by atoms with van der Waals surface area (Å²) in [5.74, 6) is 0.452. The van der Waals surface area contributed by atoms with Gasteiger partial charge in [0.25, 0.3) is 5.56 Å². The number of aromatic nitrogens is 2. The Morgan fingerprint density at radius 3 is 3.10 bits per heavy atom. The number of hydrogen-bond donors (Lipinski definition) is 1. The number of fused-ring (bicyclic) bond motifs is 1. The zero-order chi connectivity index (χ0) is 14.2. The van der Waals surface area contributed by atoms with Crippen LogP contribution in [-0.2, 0) is 11.8 Å². The molecule has 2 aliphatic rings. The van der Waals surface area contributed by atoms with Gasteiger partial charge in [-0.05, 0) is 0 Å². The van der Waals surface area contributed by atoms with Crippen molar-refractivity contribution in [2.45, 2.75) is 5.54 Å². The van der Waals surface area contributed by atoms with E-state index >= 15 is 0 Å². The van der Waals surface area contributed by atoms with Gasteiger partial charge >= 0.3 is 0 Å². The normalized spacial score (nSPS) is 27.4. The molecule has 0 spiro atoms. The molecule has 1 N–H and O–H groups in total. The first kappa shape index (κ1) is 13.5. The molecule has 0 aromatic carbocycles. The van der Waals surface area contributed by atoms with E-state index in [0.717, 1.165) is 19.6 Å². The molecule has 0 radical (unpaired) electrons. The summed E-state index contributed by atoms with van der Waals surface area (Å²) < 4.78 is 7.06. The molecule has 1 unspecified atom stereocenters. The molecule has 110 valence electrons. The smallest absolute Gasteiger partial charge is 0.293 e. The molecule has 2 fully saturated rings. The first-order valence-electron chi connectivity index (χ1n) is 6.86. The molecule has 0 saturated carbocycles. The Kier molecular flexibility index (Phi) is 3.49. The van der Waals surface area contributed by atoms with Crippen molar-refractivity contribution in [3.8, 4) is 0 Å². The average Bonchev–Trinajstić information content (AvgIpc) is 2.49. The van der Waals surface area contributed by atoms with Crippen molar-refractivity contribution in [1.29, 1.82) is 0 Å². The van der Waals surface area contributed by atoms with Crippen LogP contribution in [0.3, 0.4) is 0 Å². The third kappa shape index (κ3) is 2.11. The predicted molar refractivity (Wildman–Crippen MR) is 73.9 cm³/mol. The molecule has 3 rings (SSSR count). The predicted octanol–water partition coefficient (Wildman–Crippen LogP) is -1.34. The highest BCUT2D eigenvalue weighted by Crippen LogP contribution is 2.26. The maximum absolute atomic E-state index is 12.2. The SMILES string of the molecule is Cn1ccnc(N2CCN3CCOCC3(CO)C2)c1=O. The summed E-state index contributed by atoms with van der Waals surface area (Å²) in [6.07, 6.45) is 3.28. The van der Waals surface area contributed by atoms with Crippen molar-refractivity contribution in [2.24, 2.45) is 7.05 Å². The number of rotatable bonds is 2. The number of aliphatic hydroxyl groups excluding tert-OH is 1. The third-order valence-corrected chi connectivity index (χ3v) is 4.26. The van der Waals surface area contributed by atoms with Gasteiger partial charge in [0.05, 0.1) is 25.4 Å². The summed E-state index contributed by atoms with van der Waals surface area (Å²) in [7, 11) is 1.72. The topological polar surface area (TPSA) is 70.8 Å². The molecule has 7 heteroatoms. The molecule has 2 saturated heterocycles. The molecule has 0 amide bonds. The van der Waals surface area contributed by atoms with E-state index in [9.17, 15) is 9.90 Å². The van der Waals surface area contributed by atoms with Gasteiger partial charge in [0, 0.05) is 45.6 Å². The first-order valence-corrected chi connectivity index (χ1v) is 6.86. The molecular formula is C13H20N4O3. The van der Waals surface area contributed by atoms with Gasteiger partial charge in [-0.15, -0.1) is 0 Å². The Labute approximate surface area is 117 Å². The van der Waals surface area contributed by atoms with Gasteiger partial charge in [0.15, 0.2) is 5.82 Å². The van der Waals surface area contributed by atoms with Crippen LogP contribution in [0.25, 0.3) is 0 Å². The second-order valence-corrected chi connectivity index (χ2v) is 5.51.